The first kappa shape index (κ1) is 12.2. The molecule has 1 aliphatic heterocycles. The Morgan fingerprint density at radius 1 is 1.47 bits per heavy atom. The van der Waals surface area contributed by atoms with Gasteiger partial charge < -0.3 is 4.42 Å². The van der Waals surface area contributed by atoms with Gasteiger partial charge in [-0.15, -0.1) is 0 Å². The second-order valence-electron chi connectivity index (χ2n) is 4.60. The van der Waals surface area contributed by atoms with E-state index in [2.05, 4.69) is 10.5 Å². The van der Waals surface area contributed by atoms with E-state index in [1.807, 2.05) is 30.5 Å². The van der Waals surface area contributed by atoms with Crippen LogP contribution in [-0.4, -0.2) is 16.6 Å². The molecule has 19 heavy (non-hydrogen) atoms. The standard InChI is InChI=1S/C14H14N2O2S/c1-9-3-4-14(18-9)12-7-13(11-5-6-19-8-11)16(15-12)10(2)17/h3-6,8,13H,7H2,1-2H3. The van der Waals surface area contributed by atoms with E-state index >= 15 is 0 Å². The van der Waals surface area contributed by atoms with Gasteiger partial charge in [-0.2, -0.15) is 16.4 Å². The number of nitrogens with zero attached hydrogens (tertiary/aromatic N) is 2. The number of hydrogen-bond acceptors (Lipinski definition) is 4. The van der Waals surface area contributed by atoms with Gasteiger partial charge in [0.1, 0.15) is 17.2 Å². The molecule has 0 N–H and O–H groups in total. The zero-order chi connectivity index (χ0) is 13.4. The van der Waals surface area contributed by atoms with Crippen LogP contribution in [0.25, 0.3) is 0 Å². The van der Waals surface area contributed by atoms with Gasteiger partial charge in [-0.05, 0) is 41.4 Å². The molecule has 0 saturated carbocycles. The van der Waals surface area contributed by atoms with Crippen molar-refractivity contribution >= 4 is 23.0 Å². The van der Waals surface area contributed by atoms with Crippen molar-refractivity contribution in [3.8, 4) is 0 Å². The smallest absolute Gasteiger partial charge is 0.240 e. The maximum Gasteiger partial charge on any atom is 0.240 e. The first-order chi connectivity index (χ1) is 9.15. The number of furan rings is 1. The third-order valence-electron chi connectivity index (χ3n) is 3.19. The molecular formula is C14H14N2O2S. The summed E-state index contributed by atoms with van der Waals surface area (Å²) >= 11 is 1.63. The fourth-order valence-corrected chi connectivity index (χ4v) is 2.97. The van der Waals surface area contributed by atoms with Crippen LogP contribution in [0.15, 0.2) is 38.5 Å². The van der Waals surface area contributed by atoms with Crippen molar-refractivity contribution < 1.29 is 9.21 Å². The van der Waals surface area contributed by atoms with Gasteiger partial charge in [0.05, 0.1) is 6.04 Å². The van der Waals surface area contributed by atoms with Gasteiger partial charge in [-0.3, -0.25) is 4.79 Å². The minimum absolute atomic E-state index is 0.0100. The van der Waals surface area contributed by atoms with E-state index in [-0.39, 0.29) is 11.9 Å². The highest BCUT2D eigenvalue weighted by Crippen LogP contribution is 2.33. The molecule has 0 aromatic carbocycles. The Labute approximate surface area is 115 Å². The quantitative estimate of drug-likeness (QED) is 0.843. The lowest BCUT2D eigenvalue weighted by Gasteiger charge is -2.18. The van der Waals surface area contributed by atoms with Gasteiger partial charge in [-0.1, -0.05) is 0 Å². The first-order valence-electron chi connectivity index (χ1n) is 6.11. The predicted molar refractivity (Wildman–Crippen MR) is 74.2 cm³/mol. The average molecular weight is 274 g/mol. The molecule has 3 heterocycles. The second kappa shape index (κ2) is 4.66. The van der Waals surface area contributed by atoms with E-state index in [1.165, 1.54) is 0 Å². The highest BCUT2D eigenvalue weighted by molar-refractivity contribution is 7.08. The number of amides is 1. The summed E-state index contributed by atoms with van der Waals surface area (Å²) in [5.41, 5.74) is 1.96. The van der Waals surface area contributed by atoms with E-state index < -0.39 is 0 Å². The second-order valence-corrected chi connectivity index (χ2v) is 5.38. The van der Waals surface area contributed by atoms with Crippen molar-refractivity contribution in [2.24, 2.45) is 5.10 Å². The summed E-state index contributed by atoms with van der Waals surface area (Å²) in [5, 5.41) is 10.0. The minimum Gasteiger partial charge on any atom is -0.460 e. The van der Waals surface area contributed by atoms with Crippen LogP contribution in [-0.2, 0) is 4.79 Å². The Kier molecular flexibility index (Phi) is 2.98. The number of aryl methyl sites for hydroxylation is 1. The van der Waals surface area contributed by atoms with Gasteiger partial charge in [0, 0.05) is 13.3 Å². The highest BCUT2D eigenvalue weighted by Gasteiger charge is 2.32. The van der Waals surface area contributed by atoms with Crippen LogP contribution in [0.3, 0.4) is 0 Å². The van der Waals surface area contributed by atoms with Crippen molar-refractivity contribution in [2.45, 2.75) is 26.3 Å². The topological polar surface area (TPSA) is 45.8 Å². The van der Waals surface area contributed by atoms with Crippen LogP contribution in [0.5, 0.6) is 0 Å². The summed E-state index contributed by atoms with van der Waals surface area (Å²) < 4.78 is 5.60. The zero-order valence-electron chi connectivity index (χ0n) is 10.8. The number of carbonyl (C=O) groups is 1. The maximum absolute atomic E-state index is 11.7. The first-order valence-corrected chi connectivity index (χ1v) is 7.05. The SMILES string of the molecule is CC(=O)N1N=C(c2ccc(C)o2)CC1c1ccsc1. The Hall–Kier alpha value is -1.88. The lowest BCUT2D eigenvalue weighted by Crippen LogP contribution is -2.23. The number of carbonyl (C=O) groups excluding carboxylic acids is 1. The van der Waals surface area contributed by atoms with Crippen molar-refractivity contribution in [2.75, 3.05) is 0 Å². The fourth-order valence-electron chi connectivity index (χ4n) is 2.26. The number of rotatable bonds is 2. The number of hydrazone groups is 1. The number of hydrogen-bond donors (Lipinski definition) is 0. The molecule has 2 aromatic rings. The third kappa shape index (κ3) is 2.21. The molecule has 3 rings (SSSR count). The molecule has 0 saturated heterocycles. The highest BCUT2D eigenvalue weighted by atomic mass is 32.1. The minimum atomic E-state index is -0.0468. The average Bonchev–Trinajstić information content (AvgIpc) is 3.07. The molecule has 0 radical (unpaired) electrons. The molecule has 0 spiro atoms. The van der Waals surface area contributed by atoms with Gasteiger partial charge in [0.25, 0.3) is 0 Å². The van der Waals surface area contributed by atoms with Crippen LogP contribution < -0.4 is 0 Å². The molecule has 1 atom stereocenters. The van der Waals surface area contributed by atoms with Gasteiger partial charge in [-0.25, -0.2) is 5.01 Å². The Balaban J connectivity index is 1.93. The summed E-state index contributed by atoms with van der Waals surface area (Å²) in [4.78, 5) is 11.7. The van der Waals surface area contributed by atoms with Crippen molar-refractivity contribution in [3.05, 3.63) is 46.0 Å². The summed E-state index contributed by atoms with van der Waals surface area (Å²) in [6.45, 7) is 3.44. The normalized spacial score (nSPS) is 18.7. The summed E-state index contributed by atoms with van der Waals surface area (Å²) in [7, 11) is 0. The molecule has 98 valence electrons. The summed E-state index contributed by atoms with van der Waals surface area (Å²) in [6.07, 6.45) is 0.698. The van der Waals surface area contributed by atoms with Gasteiger partial charge in [0.2, 0.25) is 5.91 Å². The maximum atomic E-state index is 11.7. The molecule has 1 aliphatic rings. The fraction of sp³-hybridized carbons (Fsp3) is 0.286. The molecule has 0 fully saturated rings. The molecule has 0 aliphatic carbocycles. The van der Waals surface area contributed by atoms with Crippen molar-refractivity contribution in [1.82, 2.24) is 5.01 Å². The van der Waals surface area contributed by atoms with Crippen molar-refractivity contribution in [1.29, 1.82) is 0 Å². The van der Waals surface area contributed by atoms with Crippen LogP contribution in [0.2, 0.25) is 0 Å². The molecule has 0 bridgehead atoms. The van der Waals surface area contributed by atoms with Crippen LogP contribution in [0, 0.1) is 6.92 Å². The van der Waals surface area contributed by atoms with E-state index in [0.717, 1.165) is 22.8 Å². The van der Waals surface area contributed by atoms with Gasteiger partial charge >= 0.3 is 0 Å². The molecule has 2 aromatic heterocycles. The molecule has 1 amide bonds. The third-order valence-corrected chi connectivity index (χ3v) is 3.89. The molecule has 4 nitrogen and oxygen atoms in total. The van der Waals surface area contributed by atoms with E-state index in [0.29, 0.717) is 6.42 Å². The zero-order valence-corrected chi connectivity index (χ0v) is 11.6. The Morgan fingerprint density at radius 2 is 2.32 bits per heavy atom. The van der Waals surface area contributed by atoms with Crippen molar-refractivity contribution in [3.63, 3.8) is 0 Å². The Morgan fingerprint density at radius 3 is 2.89 bits per heavy atom. The Bertz CT molecular complexity index is 628. The van der Waals surface area contributed by atoms with Crippen LogP contribution in [0.1, 0.15) is 36.5 Å². The lowest BCUT2D eigenvalue weighted by molar-refractivity contribution is -0.130. The van der Waals surface area contributed by atoms with Crippen LogP contribution >= 0.6 is 11.3 Å². The number of thiophene rings is 1. The summed E-state index contributed by atoms with van der Waals surface area (Å²) in [5.74, 6) is 1.56. The van der Waals surface area contributed by atoms with E-state index in [1.54, 1.807) is 23.3 Å². The van der Waals surface area contributed by atoms with Gasteiger partial charge in [0.15, 0.2) is 0 Å². The monoisotopic (exact) mass is 274 g/mol. The molecule has 1 unspecified atom stereocenters. The van der Waals surface area contributed by atoms with Crippen LogP contribution in [0.4, 0.5) is 0 Å². The summed E-state index contributed by atoms with van der Waals surface area (Å²) in [6, 6.07) is 5.84. The molecule has 5 heteroatoms. The van der Waals surface area contributed by atoms with E-state index in [9.17, 15) is 4.79 Å². The predicted octanol–water partition coefficient (Wildman–Crippen LogP) is 3.35. The largest absolute Gasteiger partial charge is 0.460 e. The molecular weight excluding hydrogens is 260 g/mol. The lowest BCUT2D eigenvalue weighted by atomic mass is 10.0. The van der Waals surface area contributed by atoms with E-state index in [4.69, 9.17) is 4.42 Å².